The van der Waals surface area contributed by atoms with Crippen LogP contribution in [0, 0.1) is 0 Å². The quantitative estimate of drug-likeness (QED) is 0.837. The van der Waals surface area contributed by atoms with Crippen molar-refractivity contribution in [2.45, 2.75) is 24.8 Å². The molecule has 1 aliphatic heterocycles. The van der Waals surface area contributed by atoms with E-state index in [0.717, 1.165) is 0 Å². The van der Waals surface area contributed by atoms with Gasteiger partial charge in [-0.25, -0.2) is 13.2 Å². The highest BCUT2D eigenvalue weighted by Gasteiger charge is 2.31. The van der Waals surface area contributed by atoms with E-state index < -0.39 is 9.84 Å². The van der Waals surface area contributed by atoms with Crippen molar-refractivity contribution in [3.8, 4) is 0 Å². The minimum atomic E-state index is -3.26. The highest BCUT2D eigenvalue weighted by atomic mass is 32.2. The SMILES string of the molecule is CC(C)NC(=O)N1CCS(=O)(=O)c2ccccc21. The molecule has 0 spiro atoms. The number of amides is 2. The summed E-state index contributed by atoms with van der Waals surface area (Å²) in [6, 6.07) is 6.36. The lowest BCUT2D eigenvalue weighted by atomic mass is 10.3. The summed E-state index contributed by atoms with van der Waals surface area (Å²) in [7, 11) is -3.26. The van der Waals surface area contributed by atoms with Gasteiger partial charge in [0.15, 0.2) is 9.84 Å². The van der Waals surface area contributed by atoms with E-state index in [1.165, 1.54) is 4.90 Å². The first-order valence-electron chi connectivity index (χ1n) is 5.81. The first-order chi connectivity index (χ1) is 8.42. The Morgan fingerprint density at radius 2 is 2.00 bits per heavy atom. The van der Waals surface area contributed by atoms with Gasteiger partial charge in [-0.2, -0.15) is 0 Å². The second-order valence-corrected chi connectivity index (χ2v) is 6.62. The zero-order valence-corrected chi connectivity index (χ0v) is 11.2. The summed E-state index contributed by atoms with van der Waals surface area (Å²) < 4.78 is 23.8. The fourth-order valence-corrected chi connectivity index (χ4v) is 3.35. The molecule has 6 heteroatoms. The Morgan fingerprint density at radius 3 is 2.67 bits per heavy atom. The lowest BCUT2D eigenvalue weighted by Crippen LogP contribution is -2.47. The van der Waals surface area contributed by atoms with Gasteiger partial charge in [-0.05, 0) is 26.0 Å². The molecule has 1 aromatic rings. The van der Waals surface area contributed by atoms with E-state index >= 15 is 0 Å². The Balaban J connectivity index is 2.40. The predicted molar refractivity (Wildman–Crippen MR) is 69.5 cm³/mol. The maximum Gasteiger partial charge on any atom is 0.322 e. The van der Waals surface area contributed by atoms with E-state index in [4.69, 9.17) is 0 Å². The van der Waals surface area contributed by atoms with Crippen LogP contribution >= 0.6 is 0 Å². The van der Waals surface area contributed by atoms with Gasteiger partial charge in [0.1, 0.15) is 0 Å². The third-order valence-corrected chi connectivity index (χ3v) is 4.47. The molecular weight excluding hydrogens is 252 g/mol. The van der Waals surface area contributed by atoms with Crippen molar-refractivity contribution in [1.82, 2.24) is 5.32 Å². The van der Waals surface area contributed by atoms with Crippen molar-refractivity contribution >= 4 is 21.6 Å². The second-order valence-electron chi connectivity index (χ2n) is 4.54. The zero-order valence-electron chi connectivity index (χ0n) is 10.4. The number of nitrogens with one attached hydrogen (secondary N) is 1. The number of rotatable bonds is 1. The first-order valence-corrected chi connectivity index (χ1v) is 7.47. The molecule has 1 heterocycles. The molecule has 2 amide bonds. The largest absolute Gasteiger partial charge is 0.336 e. The van der Waals surface area contributed by atoms with E-state index in [9.17, 15) is 13.2 Å². The van der Waals surface area contributed by atoms with E-state index in [1.807, 2.05) is 13.8 Å². The summed E-state index contributed by atoms with van der Waals surface area (Å²) in [6.07, 6.45) is 0. The van der Waals surface area contributed by atoms with Crippen molar-refractivity contribution in [1.29, 1.82) is 0 Å². The van der Waals surface area contributed by atoms with Crippen LogP contribution in [0.4, 0.5) is 10.5 Å². The number of hydrogen-bond donors (Lipinski definition) is 1. The van der Waals surface area contributed by atoms with E-state index in [1.54, 1.807) is 24.3 Å². The number of sulfone groups is 1. The molecule has 2 rings (SSSR count). The van der Waals surface area contributed by atoms with Crippen LogP contribution in [0.2, 0.25) is 0 Å². The Hall–Kier alpha value is -1.56. The number of urea groups is 1. The van der Waals surface area contributed by atoms with E-state index in [-0.39, 0.29) is 29.3 Å². The Bertz CT molecular complexity index is 566. The lowest BCUT2D eigenvalue weighted by Gasteiger charge is -2.29. The van der Waals surface area contributed by atoms with Crippen LogP contribution in [0.5, 0.6) is 0 Å². The Labute approximate surface area is 107 Å². The fourth-order valence-electron chi connectivity index (χ4n) is 1.92. The monoisotopic (exact) mass is 268 g/mol. The van der Waals surface area contributed by atoms with Crippen LogP contribution < -0.4 is 10.2 Å². The fraction of sp³-hybridized carbons (Fsp3) is 0.417. The summed E-state index contributed by atoms with van der Waals surface area (Å²) in [6.45, 7) is 3.92. The minimum absolute atomic E-state index is 0.0168. The molecule has 0 fully saturated rings. The number of fused-ring (bicyclic) bond motifs is 1. The van der Waals surface area contributed by atoms with Gasteiger partial charge < -0.3 is 5.32 Å². The lowest BCUT2D eigenvalue weighted by molar-refractivity contribution is 0.244. The Morgan fingerprint density at radius 1 is 1.33 bits per heavy atom. The number of carbonyl (C=O) groups excluding carboxylic acids is 1. The van der Waals surface area contributed by atoms with Crippen LogP contribution in [0.25, 0.3) is 0 Å². The van der Waals surface area contributed by atoms with E-state index in [2.05, 4.69) is 5.32 Å². The van der Waals surface area contributed by atoms with Crippen molar-refractivity contribution in [3.05, 3.63) is 24.3 Å². The summed E-state index contributed by atoms with van der Waals surface area (Å²) >= 11 is 0. The molecule has 18 heavy (non-hydrogen) atoms. The maximum absolute atomic E-state index is 12.0. The van der Waals surface area contributed by atoms with Gasteiger partial charge in [-0.1, -0.05) is 12.1 Å². The molecule has 0 saturated heterocycles. The van der Waals surface area contributed by atoms with Gasteiger partial charge in [-0.15, -0.1) is 0 Å². The topological polar surface area (TPSA) is 66.5 Å². The van der Waals surface area contributed by atoms with Crippen LogP contribution in [-0.2, 0) is 9.84 Å². The number of hydrogen-bond acceptors (Lipinski definition) is 3. The van der Waals surface area contributed by atoms with Gasteiger partial charge >= 0.3 is 6.03 Å². The van der Waals surface area contributed by atoms with Gasteiger partial charge in [-0.3, -0.25) is 4.90 Å². The number of para-hydroxylation sites is 1. The van der Waals surface area contributed by atoms with Gasteiger partial charge in [0.2, 0.25) is 0 Å². The van der Waals surface area contributed by atoms with Crippen LogP contribution in [0.3, 0.4) is 0 Å². The second kappa shape index (κ2) is 4.61. The van der Waals surface area contributed by atoms with Crippen LogP contribution in [-0.4, -0.2) is 32.8 Å². The molecule has 1 aromatic carbocycles. The molecule has 1 N–H and O–H groups in total. The molecule has 0 radical (unpaired) electrons. The molecule has 98 valence electrons. The number of carbonyl (C=O) groups is 1. The third-order valence-electron chi connectivity index (χ3n) is 2.73. The molecule has 0 unspecified atom stereocenters. The van der Waals surface area contributed by atoms with Crippen LogP contribution in [0.15, 0.2) is 29.2 Å². The van der Waals surface area contributed by atoms with Gasteiger partial charge in [0, 0.05) is 12.6 Å². The zero-order chi connectivity index (χ0) is 13.3. The number of benzene rings is 1. The molecule has 0 aliphatic carbocycles. The normalized spacial score (nSPS) is 17.4. The summed E-state index contributed by atoms with van der Waals surface area (Å²) in [5, 5.41) is 2.77. The minimum Gasteiger partial charge on any atom is -0.336 e. The highest BCUT2D eigenvalue weighted by molar-refractivity contribution is 7.91. The number of nitrogens with zero attached hydrogens (tertiary/aromatic N) is 1. The summed E-state index contributed by atoms with van der Waals surface area (Å²) in [5.41, 5.74) is 0.460. The van der Waals surface area contributed by atoms with Crippen molar-refractivity contribution in [2.75, 3.05) is 17.2 Å². The molecule has 0 atom stereocenters. The Kier molecular flexibility index (Phi) is 3.30. The smallest absolute Gasteiger partial charge is 0.322 e. The molecule has 1 aliphatic rings. The maximum atomic E-state index is 12.0. The summed E-state index contributed by atoms with van der Waals surface area (Å²) in [4.78, 5) is 13.7. The molecule has 0 bridgehead atoms. The van der Waals surface area contributed by atoms with Gasteiger partial charge in [0.05, 0.1) is 16.3 Å². The standard InChI is InChI=1S/C12H16N2O3S/c1-9(2)13-12(15)14-7-8-18(16,17)11-6-4-3-5-10(11)14/h3-6,9H,7-8H2,1-2H3,(H,13,15). The average Bonchev–Trinajstić information content (AvgIpc) is 2.28. The van der Waals surface area contributed by atoms with Gasteiger partial charge in [0.25, 0.3) is 0 Å². The molecule has 0 aromatic heterocycles. The third kappa shape index (κ3) is 2.33. The van der Waals surface area contributed by atoms with Crippen molar-refractivity contribution < 1.29 is 13.2 Å². The predicted octanol–water partition coefficient (Wildman–Crippen LogP) is 1.40. The molecule has 0 saturated carbocycles. The average molecular weight is 268 g/mol. The molecule has 5 nitrogen and oxygen atoms in total. The first kappa shape index (κ1) is 12.9. The highest BCUT2D eigenvalue weighted by Crippen LogP contribution is 2.30. The molecular formula is C12H16N2O3S. The summed E-state index contributed by atoms with van der Waals surface area (Å²) in [5.74, 6) is -0.0322. The van der Waals surface area contributed by atoms with Crippen LogP contribution in [0.1, 0.15) is 13.8 Å². The van der Waals surface area contributed by atoms with Crippen molar-refractivity contribution in [3.63, 3.8) is 0 Å². The van der Waals surface area contributed by atoms with Crippen molar-refractivity contribution in [2.24, 2.45) is 0 Å². The van der Waals surface area contributed by atoms with E-state index in [0.29, 0.717) is 5.69 Å². The number of anilines is 1.